The highest BCUT2D eigenvalue weighted by Crippen LogP contribution is 2.33. The van der Waals surface area contributed by atoms with Crippen molar-refractivity contribution in [3.63, 3.8) is 0 Å². The van der Waals surface area contributed by atoms with Crippen LogP contribution in [-0.4, -0.2) is 23.0 Å². The number of halogens is 1. The van der Waals surface area contributed by atoms with E-state index in [-0.39, 0.29) is 5.91 Å². The van der Waals surface area contributed by atoms with Crippen molar-refractivity contribution < 1.29 is 9.53 Å². The minimum absolute atomic E-state index is 0.274. The normalized spacial score (nSPS) is 10.3. The van der Waals surface area contributed by atoms with E-state index in [0.717, 1.165) is 16.9 Å². The van der Waals surface area contributed by atoms with Crippen LogP contribution in [0.4, 0.5) is 11.4 Å². The molecule has 0 atom stereocenters. The zero-order chi connectivity index (χ0) is 19.2. The molecular formula is C20H19ClN4O2. The summed E-state index contributed by atoms with van der Waals surface area (Å²) in [6.07, 6.45) is 3.26. The van der Waals surface area contributed by atoms with Gasteiger partial charge >= 0.3 is 0 Å². The number of pyridine rings is 2. The lowest BCUT2D eigenvalue weighted by Crippen LogP contribution is -2.24. The number of aromatic nitrogens is 2. The Morgan fingerprint density at radius 3 is 2.74 bits per heavy atom. The molecule has 0 radical (unpaired) electrons. The number of aryl methyl sites for hydroxylation is 1. The molecule has 3 aromatic rings. The Hall–Kier alpha value is -3.12. The number of amides is 1. The molecule has 1 amide bonds. The second-order valence-electron chi connectivity index (χ2n) is 5.86. The summed E-state index contributed by atoms with van der Waals surface area (Å²) >= 11 is 6.14. The van der Waals surface area contributed by atoms with Crippen LogP contribution in [0.15, 0.2) is 54.9 Å². The van der Waals surface area contributed by atoms with Crippen LogP contribution in [0.2, 0.25) is 5.02 Å². The number of rotatable bonds is 6. The standard InChI is InChI=1S/C20H19ClN4O2/c1-13-9-17(19(27-2)11-16(13)21)25-14-6-8-23-18(10-14)20(26)24-12-15-5-3-4-7-22-15/h3-11H,12H2,1-2H3,(H,23,25)(H,24,26). The Bertz CT molecular complexity index is 948. The molecule has 6 nitrogen and oxygen atoms in total. The molecular weight excluding hydrogens is 364 g/mol. The van der Waals surface area contributed by atoms with Crippen LogP contribution < -0.4 is 15.4 Å². The predicted octanol–water partition coefficient (Wildman–Crippen LogP) is 4.12. The number of carbonyl (C=O) groups is 1. The van der Waals surface area contributed by atoms with Crippen molar-refractivity contribution in [2.45, 2.75) is 13.5 Å². The molecule has 27 heavy (non-hydrogen) atoms. The summed E-state index contributed by atoms with van der Waals surface area (Å²) in [6.45, 7) is 2.25. The van der Waals surface area contributed by atoms with Gasteiger partial charge in [0.1, 0.15) is 11.4 Å². The Morgan fingerprint density at radius 1 is 1.15 bits per heavy atom. The molecule has 1 aromatic carbocycles. The van der Waals surface area contributed by atoms with Gasteiger partial charge in [-0.25, -0.2) is 0 Å². The van der Waals surface area contributed by atoms with E-state index < -0.39 is 0 Å². The van der Waals surface area contributed by atoms with E-state index in [0.29, 0.717) is 28.7 Å². The van der Waals surface area contributed by atoms with Gasteiger partial charge in [0.25, 0.3) is 5.91 Å². The van der Waals surface area contributed by atoms with E-state index in [4.69, 9.17) is 16.3 Å². The average Bonchev–Trinajstić information content (AvgIpc) is 2.69. The van der Waals surface area contributed by atoms with E-state index in [1.54, 1.807) is 37.7 Å². The van der Waals surface area contributed by atoms with Crippen LogP contribution in [0, 0.1) is 6.92 Å². The van der Waals surface area contributed by atoms with Crippen molar-refractivity contribution in [2.24, 2.45) is 0 Å². The second-order valence-corrected chi connectivity index (χ2v) is 6.27. The maximum atomic E-state index is 12.4. The van der Waals surface area contributed by atoms with Gasteiger partial charge in [0.05, 0.1) is 25.0 Å². The minimum Gasteiger partial charge on any atom is -0.495 e. The van der Waals surface area contributed by atoms with Crippen LogP contribution in [-0.2, 0) is 6.54 Å². The summed E-state index contributed by atoms with van der Waals surface area (Å²) in [4.78, 5) is 20.7. The Morgan fingerprint density at radius 2 is 2.00 bits per heavy atom. The summed E-state index contributed by atoms with van der Waals surface area (Å²) in [7, 11) is 1.58. The highest BCUT2D eigenvalue weighted by atomic mass is 35.5. The van der Waals surface area contributed by atoms with Gasteiger partial charge < -0.3 is 15.4 Å². The maximum absolute atomic E-state index is 12.4. The highest BCUT2D eigenvalue weighted by molar-refractivity contribution is 6.31. The number of benzene rings is 1. The van der Waals surface area contributed by atoms with E-state index in [1.807, 2.05) is 31.2 Å². The highest BCUT2D eigenvalue weighted by Gasteiger charge is 2.11. The zero-order valence-electron chi connectivity index (χ0n) is 15.0. The van der Waals surface area contributed by atoms with Crippen molar-refractivity contribution in [3.05, 3.63) is 76.8 Å². The lowest BCUT2D eigenvalue weighted by atomic mass is 10.2. The molecule has 2 aromatic heterocycles. The van der Waals surface area contributed by atoms with Crippen molar-refractivity contribution in [3.8, 4) is 5.75 Å². The fraction of sp³-hybridized carbons (Fsp3) is 0.150. The smallest absolute Gasteiger partial charge is 0.270 e. The van der Waals surface area contributed by atoms with E-state index in [2.05, 4.69) is 20.6 Å². The van der Waals surface area contributed by atoms with Gasteiger partial charge in [-0.15, -0.1) is 0 Å². The van der Waals surface area contributed by atoms with Gasteiger partial charge in [0, 0.05) is 29.2 Å². The first kappa shape index (κ1) is 18.7. The number of ether oxygens (including phenoxy) is 1. The predicted molar refractivity (Wildman–Crippen MR) is 106 cm³/mol. The third-order valence-electron chi connectivity index (χ3n) is 3.91. The first-order valence-corrected chi connectivity index (χ1v) is 8.70. The van der Waals surface area contributed by atoms with Gasteiger partial charge in [-0.3, -0.25) is 14.8 Å². The van der Waals surface area contributed by atoms with E-state index in [9.17, 15) is 4.79 Å². The van der Waals surface area contributed by atoms with Crippen LogP contribution in [0.25, 0.3) is 0 Å². The van der Waals surface area contributed by atoms with E-state index in [1.165, 1.54) is 0 Å². The lowest BCUT2D eigenvalue weighted by molar-refractivity contribution is 0.0945. The summed E-state index contributed by atoms with van der Waals surface area (Å²) in [5, 5.41) is 6.68. The molecule has 0 saturated carbocycles. The number of hydrogen-bond donors (Lipinski definition) is 2. The molecule has 0 aliphatic heterocycles. The summed E-state index contributed by atoms with van der Waals surface area (Å²) in [6, 6.07) is 12.6. The molecule has 0 unspecified atom stereocenters. The fourth-order valence-corrected chi connectivity index (χ4v) is 2.64. The molecule has 0 spiro atoms. The Balaban J connectivity index is 1.74. The third kappa shape index (κ3) is 4.74. The molecule has 2 heterocycles. The third-order valence-corrected chi connectivity index (χ3v) is 4.32. The summed E-state index contributed by atoms with van der Waals surface area (Å²) < 4.78 is 5.37. The number of hydrogen-bond acceptors (Lipinski definition) is 5. The molecule has 0 aliphatic carbocycles. The first-order valence-electron chi connectivity index (χ1n) is 8.32. The molecule has 0 bridgehead atoms. The number of anilines is 2. The number of nitrogens with one attached hydrogen (secondary N) is 2. The van der Waals surface area contributed by atoms with Gasteiger partial charge in [-0.2, -0.15) is 0 Å². The van der Waals surface area contributed by atoms with Crippen molar-refractivity contribution in [1.82, 2.24) is 15.3 Å². The van der Waals surface area contributed by atoms with Crippen LogP contribution >= 0.6 is 11.6 Å². The lowest BCUT2D eigenvalue weighted by Gasteiger charge is -2.13. The minimum atomic E-state index is -0.274. The summed E-state index contributed by atoms with van der Waals surface area (Å²) in [5.41, 5.74) is 3.47. The van der Waals surface area contributed by atoms with Crippen LogP contribution in [0.1, 0.15) is 21.7 Å². The van der Waals surface area contributed by atoms with Gasteiger partial charge in [-0.1, -0.05) is 17.7 Å². The van der Waals surface area contributed by atoms with Crippen LogP contribution in [0.3, 0.4) is 0 Å². The second kappa shape index (κ2) is 8.51. The topological polar surface area (TPSA) is 76.1 Å². The number of methoxy groups -OCH3 is 1. The average molecular weight is 383 g/mol. The van der Waals surface area contributed by atoms with Crippen molar-refractivity contribution >= 4 is 28.9 Å². The summed E-state index contributed by atoms with van der Waals surface area (Å²) in [5.74, 6) is 0.340. The van der Waals surface area contributed by atoms with Crippen molar-refractivity contribution in [2.75, 3.05) is 12.4 Å². The largest absolute Gasteiger partial charge is 0.495 e. The Labute approximate surface area is 162 Å². The molecule has 138 valence electrons. The number of nitrogens with zero attached hydrogens (tertiary/aromatic N) is 2. The van der Waals surface area contributed by atoms with E-state index >= 15 is 0 Å². The van der Waals surface area contributed by atoms with Crippen LogP contribution in [0.5, 0.6) is 5.75 Å². The fourth-order valence-electron chi connectivity index (χ4n) is 2.48. The quantitative estimate of drug-likeness (QED) is 0.670. The molecule has 2 N–H and O–H groups in total. The maximum Gasteiger partial charge on any atom is 0.270 e. The number of carbonyl (C=O) groups excluding carboxylic acids is 1. The molecule has 3 rings (SSSR count). The van der Waals surface area contributed by atoms with Gasteiger partial charge in [0.2, 0.25) is 0 Å². The van der Waals surface area contributed by atoms with Crippen molar-refractivity contribution in [1.29, 1.82) is 0 Å². The first-order chi connectivity index (χ1) is 13.1. The Kier molecular flexibility index (Phi) is 5.88. The van der Waals surface area contributed by atoms with Gasteiger partial charge in [0.15, 0.2) is 0 Å². The zero-order valence-corrected chi connectivity index (χ0v) is 15.7. The molecule has 0 aliphatic rings. The molecule has 0 saturated heterocycles. The monoisotopic (exact) mass is 382 g/mol. The molecule has 0 fully saturated rings. The molecule has 7 heteroatoms. The SMILES string of the molecule is COc1cc(Cl)c(C)cc1Nc1ccnc(C(=O)NCc2ccccn2)c1. The van der Waals surface area contributed by atoms with Gasteiger partial charge in [-0.05, 0) is 42.8 Å².